The smallest absolute Gasteiger partial charge is 0.272 e. The Kier molecular flexibility index (Phi) is 8.06. The minimum absolute atomic E-state index is 0.0842. The highest BCUT2D eigenvalue weighted by molar-refractivity contribution is 6.07. The van der Waals surface area contributed by atoms with Crippen LogP contribution in [0.25, 0.3) is 22.2 Å². The molecule has 202 valence electrons. The van der Waals surface area contributed by atoms with Crippen molar-refractivity contribution in [3.05, 3.63) is 108 Å². The van der Waals surface area contributed by atoms with E-state index in [-0.39, 0.29) is 18.6 Å². The number of aromatic nitrogens is 1. The van der Waals surface area contributed by atoms with E-state index in [1.54, 1.807) is 25.3 Å². The summed E-state index contributed by atoms with van der Waals surface area (Å²) in [5.41, 5.74) is 5.34. The largest absolute Gasteiger partial charge is 0.497 e. The van der Waals surface area contributed by atoms with Crippen molar-refractivity contribution in [3.8, 4) is 28.5 Å². The molecular weight excluding hydrogens is 506 g/mol. The summed E-state index contributed by atoms with van der Waals surface area (Å²) in [4.78, 5) is 18.0. The summed E-state index contributed by atoms with van der Waals surface area (Å²) in [6.07, 6.45) is 1.54. The van der Waals surface area contributed by atoms with Crippen LogP contribution in [-0.4, -0.2) is 30.3 Å². The van der Waals surface area contributed by atoms with Crippen LogP contribution in [0.5, 0.6) is 17.2 Å². The zero-order valence-corrected chi connectivity index (χ0v) is 22.5. The Morgan fingerprint density at radius 2 is 1.68 bits per heavy atom. The van der Waals surface area contributed by atoms with Gasteiger partial charge in [0.15, 0.2) is 0 Å². The number of fused-ring (bicyclic) bond motifs is 1. The van der Waals surface area contributed by atoms with Crippen LogP contribution >= 0.6 is 0 Å². The number of hydrogen-bond acceptors (Lipinski definition) is 7. The van der Waals surface area contributed by atoms with Crippen molar-refractivity contribution in [2.75, 3.05) is 7.11 Å². The van der Waals surface area contributed by atoms with Crippen LogP contribution in [0.15, 0.2) is 101 Å². The van der Waals surface area contributed by atoms with Gasteiger partial charge in [-0.25, -0.2) is 10.4 Å². The van der Waals surface area contributed by atoms with Gasteiger partial charge in [0.25, 0.3) is 5.91 Å². The van der Waals surface area contributed by atoms with Crippen LogP contribution in [0.2, 0.25) is 0 Å². The summed E-state index contributed by atoms with van der Waals surface area (Å²) in [6, 6.07) is 27.8. The molecule has 2 heterocycles. The molecule has 0 bridgehead atoms. The second-order valence-corrected chi connectivity index (χ2v) is 9.23. The minimum atomic E-state index is -0.356. The van der Waals surface area contributed by atoms with E-state index in [9.17, 15) is 4.79 Å². The zero-order valence-electron chi connectivity index (χ0n) is 22.5. The third-order valence-corrected chi connectivity index (χ3v) is 5.96. The third kappa shape index (κ3) is 6.47. The first-order chi connectivity index (χ1) is 19.5. The number of hydrazone groups is 1. The molecule has 0 unspecified atom stereocenters. The molecule has 0 atom stereocenters. The van der Waals surface area contributed by atoms with Gasteiger partial charge in [-0.05, 0) is 86.6 Å². The lowest BCUT2D eigenvalue weighted by Gasteiger charge is -2.11. The van der Waals surface area contributed by atoms with Gasteiger partial charge in [-0.15, -0.1) is 0 Å². The number of carbonyl (C=O) groups excluding carboxylic acids is 1. The number of benzene rings is 3. The molecule has 0 spiro atoms. The van der Waals surface area contributed by atoms with Gasteiger partial charge in [0, 0.05) is 10.9 Å². The Balaban J connectivity index is 1.27. The lowest BCUT2D eigenvalue weighted by Crippen LogP contribution is -2.18. The fourth-order valence-corrected chi connectivity index (χ4v) is 4.07. The van der Waals surface area contributed by atoms with E-state index < -0.39 is 0 Å². The first kappa shape index (κ1) is 26.5. The maximum absolute atomic E-state index is 13.2. The summed E-state index contributed by atoms with van der Waals surface area (Å²) in [5, 5.41) is 4.84. The molecule has 0 radical (unpaired) electrons. The molecule has 5 rings (SSSR count). The van der Waals surface area contributed by atoms with Crippen molar-refractivity contribution in [3.63, 3.8) is 0 Å². The average Bonchev–Trinajstić information content (AvgIpc) is 3.43. The predicted octanol–water partition coefficient (Wildman–Crippen LogP) is 6.63. The third-order valence-electron chi connectivity index (χ3n) is 5.96. The number of furan rings is 1. The van der Waals surface area contributed by atoms with Gasteiger partial charge in [-0.3, -0.25) is 4.79 Å². The van der Waals surface area contributed by atoms with E-state index in [0.29, 0.717) is 34.0 Å². The normalized spacial score (nSPS) is 11.2. The lowest BCUT2D eigenvalue weighted by molar-refractivity contribution is 0.0956. The monoisotopic (exact) mass is 535 g/mol. The topological polar surface area (TPSA) is 95.2 Å². The van der Waals surface area contributed by atoms with Gasteiger partial charge >= 0.3 is 0 Å². The number of pyridine rings is 1. The van der Waals surface area contributed by atoms with E-state index in [1.165, 1.54) is 6.21 Å². The Labute approximate surface area is 232 Å². The first-order valence-corrected chi connectivity index (χ1v) is 12.8. The molecule has 8 nitrogen and oxygen atoms in total. The molecule has 1 N–H and O–H groups in total. The van der Waals surface area contributed by atoms with E-state index in [2.05, 4.69) is 10.5 Å². The number of carbonyl (C=O) groups is 1. The second kappa shape index (κ2) is 12.2. The molecule has 0 aliphatic heterocycles. The predicted molar refractivity (Wildman–Crippen MR) is 154 cm³/mol. The molecule has 2 aromatic heterocycles. The van der Waals surface area contributed by atoms with Crippen LogP contribution in [-0.2, 0) is 6.61 Å². The summed E-state index contributed by atoms with van der Waals surface area (Å²) in [7, 11) is 1.62. The Morgan fingerprint density at radius 3 is 2.42 bits per heavy atom. The highest BCUT2D eigenvalue weighted by Crippen LogP contribution is 2.27. The number of rotatable bonds is 10. The first-order valence-electron chi connectivity index (χ1n) is 12.8. The molecule has 0 saturated carbocycles. The molecule has 5 aromatic rings. The number of amides is 1. The number of ether oxygens (including phenoxy) is 3. The van der Waals surface area contributed by atoms with Crippen LogP contribution in [0.3, 0.4) is 0 Å². The number of nitrogens with one attached hydrogen (secondary N) is 1. The van der Waals surface area contributed by atoms with Crippen molar-refractivity contribution < 1.29 is 23.4 Å². The van der Waals surface area contributed by atoms with E-state index in [1.807, 2.05) is 86.6 Å². The van der Waals surface area contributed by atoms with Gasteiger partial charge in [-0.1, -0.05) is 18.2 Å². The summed E-state index contributed by atoms with van der Waals surface area (Å²) >= 11 is 0. The molecule has 0 saturated heterocycles. The van der Waals surface area contributed by atoms with Crippen LogP contribution in [0.1, 0.15) is 35.7 Å². The zero-order chi connectivity index (χ0) is 27.9. The maximum Gasteiger partial charge on any atom is 0.272 e. The number of methoxy groups -OCH3 is 1. The van der Waals surface area contributed by atoms with Gasteiger partial charge in [0.05, 0.1) is 36.2 Å². The van der Waals surface area contributed by atoms with Crippen LogP contribution < -0.4 is 19.6 Å². The SMILES string of the molecule is COc1ccc(OCc2ccc(/C=N\NC(=O)c3cc(-c4ccc(OC(C)C)cc4)nc4ccccc34)o2)cc1. The summed E-state index contributed by atoms with van der Waals surface area (Å²) in [6.45, 7) is 4.22. The van der Waals surface area contributed by atoms with E-state index in [4.69, 9.17) is 23.6 Å². The molecule has 1 amide bonds. The highest BCUT2D eigenvalue weighted by Gasteiger charge is 2.14. The Bertz CT molecular complexity index is 1620. The Morgan fingerprint density at radius 1 is 0.950 bits per heavy atom. The number of nitrogens with zero attached hydrogens (tertiary/aromatic N) is 2. The van der Waals surface area contributed by atoms with Crippen LogP contribution in [0, 0.1) is 0 Å². The molecule has 0 aliphatic carbocycles. The van der Waals surface area contributed by atoms with Crippen molar-refractivity contribution in [1.82, 2.24) is 10.4 Å². The molecular formula is C32H29N3O5. The van der Waals surface area contributed by atoms with Crippen LogP contribution in [0.4, 0.5) is 0 Å². The van der Waals surface area contributed by atoms with Crippen molar-refractivity contribution in [1.29, 1.82) is 0 Å². The highest BCUT2D eigenvalue weighted by atomic mass is 16.5. The standard InChI is InChI=1S/C32H29N3O5/c1-21(2)39-25-10-8-22(9-11-25)31-18-29(28-6-4-5-7-30(28)34-31)32(36)35-33-19-26-16-17-27(40-26)20-38-24-14-12-23(37-3)13-15-24/h4-19,21H,20H2,1-3H3,(H,35,36)/b33-19-. The van der Waals surface area contributed by atoms with Gasteiger partial charge in [-0.2, -0.15) is 5.10 Å². The van der Waals surface area contributed by atoms with Crippen molar-refractivity contribution in [2.24, 2.45) is 5.10 Å². The Hall–Kier alpha value is -5.11. The minimum Gasteiger partial charge on any atom is -0.497 e. The quantitative estimate of drug-likeness (QED) is 0.159. The van der Waals surface area contributed by atoms with Crippen molar-refractivity contribution in [2.45, 2.75) is 26.6 Å². The van der Waals surface area contributed by atoms with E-state index in [0.717, 1.165) is 22.4 Å². The van der Waals surface area contributed by atoms with Gasteiger partial charge in [0.1, 0.15) is 35.4 Å². The van der Waals surface area contributed by atoms with Gasteiger partial charge < -0.3 is 18.6 Å². The molecule has 0 fully saturated rings. The summed E-state index contributed by atoms with van der Waals surface area (Å²) < 4.78 is 22.4. The van der Waals surface area contributed by atoms with Gasteiger partial charge in [0.2, 0.25) is 0 Å². The lowest BCUT2D eigenvalue weighted by atomic mass is 10.0. The fourth-order valence-electron chi connectivity index (χ4n) is 4.07. The molecule has 0 aliphatic rings. The number of hydrogen-bond donors (Lipinski definition) is 1. The van der Waals surface area contributed by atoms with Crippen molar-refractivity contribution >= 4 is 23.0 Å². The maximum atomic E-state index is 13.2. The second-order valence-electron chi connectivity index (χ2n) is 9.23. The fraction of sp³-hybridized carbons (Fsp3) is 0.156. The molecule has 3 aromatic carbocycles. The average molecular weight is 536 g/mol. The number of para-hydroxylation sites is 1. The molecule has 40 heavy (non-hydrogen) atoms. The molecule has 8 heteroatoms. The summed E-state index contributed by atoms with van der Waals surface area (Å²) in [5.74, 6) is 2.98. The van der Waals surface area contributed by atoms with E-state index >= 15 is 0 Å².